The Balaban J connectivity index is 2.25. The lowest BCUT2D eigenvalue weighted by Crippen LogP contribution is -2.57. The molecule has 21 heavy (non-hydrogen) atoms. The molecule has 0 amide bonds. The lowest BCUT2D eigenvalue weighted by molar-refractivity contribution is -0.146. The zero-order chi connectivity index (χ0) is 15.3. The Kier molecular flexibility index (Phi) is 5.37. The first-order valence-electron chi connectivity index (χ1n) is 7.85. The monoisotopic (exact) mass is 290 g/mol. The van der Waals surface area contributed by atoms with Gasteiger partial charge in [0.25, 0.3) is 0 Å². The van der Waals surface area contributed by atoms with E-state index in [1.807, 2.05) is 37.3 Å². The molecule has 0 aliphatic carbocycles. The molecule has 0 bridgehead atoms. The van der Waals surface area contributed by atoms with E-state index in [0.29, 0.717) is 13.1 Å². The molecule has 1 atom stereocenters. The molecule has 1 aliphatic rings. The fourth-order valence-electron chi connectivity index (χ4n) is 3.10. The van der Waals surface area contributed by atoms with E-state index >= 15 is 0 Å². The van der Waals surface area contributed by atoms with E-state index in [1.165, 1.54) is 0 Å². The van der Waals surface area contributed by atoms with E-state index < -0.39 is 11.5 Å². The number of carboxylic acid groups (broad SMARTS) is 1. The van der Waals surface area contributed by atoms with Crippen LogP contribution in [0, 0.1) is 5.92 Å². The highest BCUT2D eigenvalue weighted by molar-refractivity contribution is 5.81. The molecule has 4 heteroatoms. The lowest BCUT2D eigenvalue weighted by Gasteiger charge is -2.39. The number of aliphatic carboxylic acids is 1. The van der Waals surface area contributed by atoms with Crippen molar-refractivity contribution in [3.05, 3.63) is 35.9 Å². The second-order valence-electron chi connectivity index (χ2n) is 6.07. The Morgan fingerprint density at radius 2 is 1.95 bits per heavy atom. The molecule has 1 aliphatic heterocycles. The van der Waals surface area contributed by atoms with E-state index in [9.17, 15) is 9.90 Å². The Morgan fingerprint density at radius 3 is 2.48 bits per heavy atom. The fraction of sp³-hybridized carbons (Fsp3) is 0.588. The smallest absolute Gasteiger partial charge is 0.329 e. The summed E-state index contributed by atoms with van der Waals surface area (Å²) in [5.74, 6) is -0.0505. The summed E-state index contributed by atoms with van der Waals surface area (Å²) in [5.41, 5.74) is -0.186. The van der Waals surface area contributed by atoms with Crippen LogP contribution in [-0.4, -0.2) is 42.2 Å². The van der Waals surface area contributed by atoms with Crippen LogP contribution in [0.1, 0.15) is 32.3 Å². The normalized spacial score (nSPS) is 20.1. The van der Waals surface area contributed by atoms with E-state index in [-0.39, 0.29) is 0 Å². The largest absolute Gasteiger partial charge is 0.480 e. The highest BCUT2D eigenvalue weighted by Gasteiger charge is 2.41. The number of likely N-dealkylation sites (N-methyl/N-ethyl adjacent to an activating group) is 1. The number of nitrogens with one attached hydrogen (secondary N) is 1. The standard InChI is InChI=1S/C17H26N2O2/c1-3-18-17(16(20)21,15-7-5-4-6-8-15)13-19-11-9-14(2)10-12-19/h4-8,14,18H,3,9-13H2,1-2H3,(H,20,21). The number of rotatable bonds is 6. The summed E-state index contributed by atoms with van der Waals surface area (Å²) in [5, 5.41) is 13.1. The molecule has 1 heterocycles. The summed E-state index contributed by atoms with van der Waals surface area (Å²) >= 11 is 0. The minimum atomic E-state index is -1.02. The van der Waals surface area contributed by atoms with Crippen LogP contribution in [0.15, 0.2) is 30.3 Å². The molecule has 0 aromatic heterocycles. The Bertz CT molecular complexity index is 455. The van der Waals surface area contributed by atoms with Crippen molar-refractivity contribution in [3.63, 3.8) is 0 Å². The number of hydrogen-bond donors (Lipinski definition) is 2. The second-order valence-corrected chi connectivity index (χ2v) is 6.07. The highest BCUT2D eigenvalue weighted by atomic mass is 16.4. The predicted octanol–water partition coefficient (Wildman–Crippen LogP) is 2.31. The van der Waals surface area contributed by atoms with Crippen molar-refractivity contribution in [3.8, 4) is 0 Å². The molecule has 2 rings (SSSR count). The first kappa shape index (κ1) is 16.0. The van der Waals surface area contributed by atoms with E-state index in [1.54, 1.807) is 0 Å². The third-order valence-corrected chi connectivity index (χ3v) is 4.45. The summed E-state index contributed by atoms with van der Waals surface area (Å²) in [4.78, 5) is 14.3. The first-order valence-corrected chi connectivity index (χ1v) is 7.85. The molecule has 1 saturated heterocycles. The van der Waals surface area contributed by atoms with Gasteiger partial charge in [0.1, 0.15) is 0 Å². The van der Waals surface area contributed by atoms with Gasteiger partial charge in [-0.1, -0.05) is 44.2 Å². The minimum absolute atomic E-state index is 0.521. The van der Waals surface area contributed by atoms with Crippen LogP contribution in [0.4, 0.5) is 0 Å². The maximum Gasteiger partial charge on any atom is 0.329 e. The van der Waals surface area contributed by atoms with Gasteiger partial charge < -0.3 is 10.0 Å². The quantitative estimate of drug-likeness (QED) is 0.844. The van der Waals surface area contributed by atoms with Crippen molar-refractivity contribution < 1.29 is 9.90 Å². The topological polar surface area (TPSA) is 52.6 Å². The number of carbonyl (C=O) groups is 1. The molecule has 116 valence electrons. The number of likely N-dealkylation sites (tertiary alicyclic amines) is 1. The zero-order valence-electron chi connectivity index (χ0n) is 13.0. The Hall–Kier alpha value is -1.39. The van der Waals surface area contributed by atoms with Gasteiger partial charge in [-0.15, -0.1) is 0 Å². The highest BCUT2D eigenvalue weighted by Crippen LogP contribution is 2.26. The number of nitrogens with zero attached hydrogens (tertiary/aromatic N) is 1. The predicted molar refractivity (Wildman–Crippen MR) is 84.3 cm³/mol. The van der Waals surface area contributed by atoms with Gasteiger partial charge in [0, 0.05) is 6.54 Å². The summed E-state index contributed by atoms with van der Waals surface area (Å²) in [6.07, 6.45) is 2.30. The van der Waals surface area contributed by atoms with E-state index in [0.717, 1.165) is 37.4 Å². The van der Waals surface area contributed by atoms with Gasteiger partial charge in [-0.2, -0.15) is 0 Å². The Labute approximate surface area is 127 Å². The van der Waals surface area contributed by atoms with Gasteiger partial charge in [0.2, 0.25) is 0 Å². The minimum Gasteiger partial charge on any atom is -0.480 e. The van der Waals surface area contributed by atoms with Crippen molar-refractivity contribution in [1.29, 1.82) is 0 Å². The number of hydrogen-bond acceptors (Lipinski definition) is 3. The van der Waals surface area contributed by atoms with Crippen LogP contribution in [0.25, 0.3) is 0 Å². The van der Waals surface area contributed by atoms with Crippen molar-refractivity contribution >= 4 is 5.97 Å². The van der Waals surface area contributed by atoms with Gasteiger partial charge in [-0.05, 0) is 44.0 Å². The van der Waals surface area contributed by atoms with Crippen LogP contribution < -0.4 is 5.32 Å². The SMILES string of the molecule is CCNC(CN1CCC(C)CC1)(C(=O)O)c1ccccc1. The molecule has 4 nitrogen and oxygen atoms in total. The molecule has 0 radical (unpaired) electrons. The molecule has 2 N–H and O–H groups in total. The number of carboxylic acids is 1. The average Bonchev–Trinajstić information content (AvgIpc) is 2.49. The van der Waals surface area contributed by atoms with Crippen LogP contribution in [0.2, 0.25) is 0 Å². The van der Waals surface area contributed by atoms with Crippen molar-refractivity contribution in [2.45, 2.75) is 32.2 Å². The molecular weight excluding hydrogens is 264 g/mol. The fourth-order valence-corrected chi connectivity index (χ4v) is 3.10. The molecule has 0 spiro atoms. The van der Waals surface area contributed by atoms with Gasteiger partial charge in [-0.25, -0.2) is 4.79 Å². The molecule has 1 fully saturated rings. The summed E-state index contributed by atoms with van der Waals surface area (Å²) in [7, 11) is 0. The molecule has 1 aromatic carbocycles. The third kappa shape index (κ3) is 3.63. The molecule has 1 aromatic rings. The molecular formula is C17H26N2O2. The summed E-state index contributed by atoms with van der Waals surface area (Å²) in [6, 6.07) is 9.54. The Morgan fingerprint density at radius 1 is 1.33 bits per heavy atom. The number of benzene rings is 1. The van der Waals surface area contributed by atoms with Gasteiger partial charge in [-0.3, -0.25) is 5.32 Å². The van der Waals surface area contributed by atoms with Crippen LogP contribution in [-0.2, 0) is 10.3 Å². The zero-order valence-corrected chi connectivity index (χ0v) is 13.0. The van der Waals surface area contributed by atoms with E-state index in [4.69, 9.17) is 0 Å². The van der Waals surface area contributed by atoms with Crippen LogP contribution >= 0.6 is 0 Å². The van der Waals surface area contributed by atoms with Crippen molar-refractivity contribution in [2.24, 2.45) is 5.92 Å². The maximum atomic E-state index is 12.1. The van der Waals surface area contributed by atoms with Crippen LogP contribution in [0.3, 0.4) is 0 Å². The van der Waals surface area contributed by atoms with E-state index in [2.05, 4.69) is 17.1 Å². The number of piperidine rings is 1. The average molecular weight is 290 g/mol. The summed E-state index contributed by atoms with van der Waals surface area (Å²) in [6.45, 7) is 7.34. The van der Waals surface area contributed by atoms with Gasteiger partial charge >= 0.3 is 5.97 Å². The summed E-state index contributed by atoms with van der Waals surface area (Å²) < 4.78 is 0. The molecule has 1 unspecified atom stereocenters. The van der Waals surface area contributed by atoms with Gasteiger partial charge in [0.15, 0.2) is 5.54 Å². The van der Waals surface area contributed by atoms with Crippen LogP contribution in [0.5, 0.6) is 0 Å². The van der Waals surface area contributed by atoms with Gasteiger partial charge in [0.05, 0.1) is 0 Å². The third-order valence-electron chi connectivity index (χ3n) is 4.45. The molecule has 0 saturated carbocycles. The van der Waals surface area contributed by atoms with Crippen molar-refractivity contribution in [2.75, 3.05) is 26.2 Å². The second kappa shape index (κ2) is 7.05. The lowest BCUT2D eigenvalue weighted by atomic mass is 9.87. The first-order chi connectivity index (χ1) is 10.1. The maximum absolute atomic E-state index is 12.1. The van der Waals surface area contributed by atoms with Crippen molar-refractivity contribution in [1.82, 2.24) is 10.2 Å².